The Kier molecular flexibility index (Phi) is 4.13. The maximum atomic E-state index is 11.9. The third-order valence-electron chi connectivity index (χ3n) is 2.71. The zero-order valence-electron chi connectivity index (χ0n) is 11.1. The number of phenols is 1. The highest BCUT2D eigenvalue weighted by atomic mass is 16.6. The molecule has 21 heavy (non-hydrogen) atoms. The molecule has 0 saturated carbocycles. The van der Waals surface area contributed by atoms with Crippen molar-refractivity contribution in [2.75, 3.05) is 6.54 Å². The monoisotopic (exact) mass is 288 g/mol. The summed E-state index contributed by atoms with van der Waals surface area (Å²) in [6.07, 6.45) is 1.39. The van der Waals surface area contributed by atoms with Crippen molar-refractivity contribution in [1.29, 1.82) is 0 Å². The van der Waals surface area contributed by atoms with Gasteiger partial charge in [0.1, 0.15) is 23.8 Å². The number of rotatable bonds is 5. The Morgan fingerprint density at radius 2 is 2.19 bits per heavy atom. The number of nitrogens with zero attached hydrogens (tertiary/aromatic N) is 2. The molecule has 1 heterocycles. The van der Waals surface area contributed by atoms with Crippen molar-refractivity contribution in [2.45, 2.75) is 6.92 Å². The van der Waals surface area contributed by atoms with Gasteiger partial charge in [0.05, 0.1) is 16.7 Å². The Morgan fingerprint density at radius 3 is 2.81 bits per heavy atom. The maximum absolute atomic E-state index is 11.9. The molecular weight excluding hydrogens is 276 g/mol. The summed E-state index contributed by atoms with van der Waals surface area (Å²) in [4.78, 5) is 25.8. The molecule has 0 aliphatic heterocycles. The van der Waals surface area contributed by atoms with Gasteiger partial charge < -0.3 is 9.52 Å². The van der Waals surface area contributed by atoms with Gasteiger partial charge in [0.25, 0.3) is 5.69 Å². The number of furan rings is 1. The van der Waals surface area contributed by atoms with Crippen LogP contribution >= 0.6 is 0 Å². The topological polar surface area (TPSA) is 106 Å². The average molecular weight is 288 g/mol. The fourth-order valence-electron chi connectivity index (χ4n) is 1.69. The van der Waals surface area contributed by atoms with Crippen LogP contribution in [0.5, 0.6) is 5.75 Å². The standard InChI is InChI=1S/C14H12N2O5/c1-9-2-4-11(21-9)7-15-8-14(18)12-6-10(16(19)20)3-5-13(12)17/h2-7,17H,8H2,1H3. The molecule has 0 amide bonds. The van der Waals surface area contributed by atoms with Crippen LogP contribution < -0.4 is 0 Å². The molecule has 0 saturated heterocycles. The molecule has 0 aliphatic carbocycles. The quantitative estimate of drug-likeness (QED) is 0.394. The van der Waals surface area contributed by atoms with Gasteiger partial charge in [-0.05, 0) is 25.1 Å². The molecule has 1 aromatic carbocycles. The lowest BCUT2D eigenvalue weighted by molar-refractivity contribution is -0.384. The van der Waals surface area contributed by atoms with E-state index >= 15 is 0 Å². The highest BCUT2D eigenvalue weighted by Crippen LogP contribution is 2.23. The van der Waals surface area contributed by atoms with Crippen LogP contribution in [0.25, 0.3) is 0 Å². The Morgan fingerprint density at radius 1 is 1.43 bits per heavy atom. The summed E-state index contributed by atoms with van der Waals surface area (Å²) in [5.41, 5.74) is -0.390. The van der Waals surface area contributed by atoms with Crippen molar-refractivity contribution in [3.05, 3.63) is 57.5 Å². The number of hydrogen-bond donors (Lipinski definition) is 1. The molecule has 2 aromatic rings. The van der Waals surface area contributed by atoms with Gasteiger partial charge in [-0.2, -0.15) is 0 Å². The summed E-state index contributed by atoms with van der Waals surface area (Å²) < 4.78 is 5.25. The van der Waals surface area contributed by atoms with E-state index in [1.54, 1.807) is 19.1 Å². The van der Waals surface area contributed by atoms with Gasteiger partial charge in [-0.15, -0.1) is 0 Å². The SMILES string of the molecule is Cc1ccc(C=NCC(=O)c2cc([N+](=O)[O-])ccc2O)o1. The molecule has 1 N–H and O–H groups in total. The van der Waals surface area contributed by atoms with Crippen LogP contribution in [-0.4, -0.2) is 28.6 Å². The van der Waals surface area contributed by atoms with E-state index in [0.29, 0.717) is 5.76 Å². The Labute approximate surface area is 119 Å². The van der Waals surface area contributed by atoms with Crippen LogP contribution in [0.3, 0.4) is 0 Å². The predicted octanol–water partition coefficient (Wildman–Crippen LogP) is 2.50. The Bertz CT molecular complexity index is 718. The second-order valence-corrected chi connectivity index (χ2v) is 4.30. The first kappa shape index (κ1) is 14.4. The van der Waals surface area contributed by atoms with Crippen LogP contribution in [0.2, 0.25) is 0 Å². The van der Waals surface area contributed by atoms with E-state index in [-0.39, 0.29) is 23.5 Å². The number of aromatic hydroxyl groups is 1. The number of ketones is 1. The summed E-state index contributed by atoms with van der Waals surface area (Å²) >= 11 is 0. The van der Waals surface area contributed by atoms with Crippen LogP contribution in [0, 0.1) is 17.0 Å². The number of carbonyl (C=O) groups is 1. The molecule has 0 bridgehead atoms. The van der Waals surface area contributed by atoms with Gasteiger partial charge in [-0.3, -0.25) is 19.9 Å². The lowest BCUT2D eigenvalue weighted by Gasteiger charge is -2.01. The molecule has 7 nitrogen and oxygen atoms in total. The smallest absolute Gasteiger partial charge is 0.270 e. The molecule has 2 rings (SSSR count). The lowest BCUT2D eigenvalue weighted by Crippen LogP contribution is -2.05. The van der Waals surface area contributed by atoms with Crippen molar-refractivity contribution in [3.8, 4) is 5.75 Å². The van der Waals surface area contributed by atoms with Gasteiger partial charge in [0.2, 0.25) is 0 Å². The normalized spacial score (nSPS) is 10.9. The van der Waals surface area contributed by atoms with E-state index in [2.05, 4.69) is 4.99 Å². The van der Waals surface area contributed by atoms with E-state index in [4.69, 9.17) is 4.42 Å². The Hall–Kier alpha value is -2.96. The summed E-state index contributed by atoms with van der Waals surface area (Å²) in [5.74, 6) is 0.396. The molecule has 0 spiro atoms. The van der Waals surface area contributed by atoms with Crippen LogP contribution in [-0.2, 0) is 0 Å². The highest BCUT2D eigenvalue weighted by molar-refractivity contribution is 6.01. The van der Waals surface area contributed by atoms with Crippen molar-refractivity contribution in [2.24, 2.45) is 4.99 Å². The molecule has 0 unspecified atom stereocenters. The molecule has 1 aromatic heterocycles. The number of phenolic OH excluding ortho intramolecular Hbond substituents is 1. The zero-order chi connectivity index (χ0) is 15.4. The molecular formula is C14H12N2O5. The van der Waals surface area contributed by atoms with Gasteiger partial charge >= 0.3 is 0 Å². The average Bonchev–Trinajstić information content (AvgIpc) is 2.84. The van der Waals surface area contributed by atoms with E-state index < -0.39 is 10.7 Å². The first-order valence-corrected chi connectivity index (χ1v) is 6.04. The number of carbonyl (C=O) groups excluding carboxylic acids is 1. The van der Waals surface area contributed by atoms with Crippen molar-refractivity contribution in [3.63, 3.8) is 0 Å². The number of nitro benzene ring substituents is 1. The predicted molar refractivity (Wildman–Crippen MR) is 75.0 cm³/mol. The van der Waals surface area contributed by atoms with E-state index in [1.165, 1.54) is 6.21 Å². The maximum Gasteiger partial charge on any atom is 0.270 e. The van der Waals surface area contributed by atoms with Gasteiger partial charge in [0, 0.05) is 12.1 Å². The fraction of sp³-hybridized carbons (Fsp3) is 0.143. The second-order valence-electron chi connectivity index (χ2n) is 4.30. The van der Waals surface area contributed by atoms with Crippen LogP contribution in [0.15, 0.2) is 39.7 Å². The minimum Gasteiger partial charge on any atom is -0.507 e. The number of non-ortho nitro benzene ring substituents is 1. The van der Waals surface area contributed by atoms with Gasteiger partial charge in [-0.25, -0.2) is 0 Å². The number of aryl methyl sites for hydroxylation is 1. The molecule has 0 fully saturated rings. The molecule has 108 valence electrons. The summed E-state index contributed by atoms with van der Waals surface area (Å²) in [7, 11) is 0. The van der Waals surface area contributed by atoms with Crippen molar-refractivity contribution >= 4 is 17.7 Å². The summed E-state index contributed by atoms with van der Waals surface area (Å²) in [6.45, 7) is 1.54. The zero-order valence-corrected chi connectivity index (χ0v) is 11.1. The number of aliphatic imine (C=N–C) groups is 1. The third-order valence-corrected chi connectivity index (χ3v) is 2.71. The van der Waals surface area contributed by atoms with E-state index in [1.807, 2.05) is 0 Å². The fourth-order valence-corrected chi connectivity index (χ4v) is 1.69. The minimum absolute atomic E-state index is 0.128. The molecule has 7 heteroatoms. The third kappa shape index (κ3) is 3.53. The van der Waals surface area contributed by atoms with Crippen molar-refractivity contribution in [1.82, 2.24) is 0 Å². The van der Waals surface area contributed by atoms with Crippen LogP contribution in [0.4, 0.5) is 5.69 Å². The Balaban J connectivity index is 2.11. The van der Waals surface area contributed by atoms with E-state index in [9.17, 15) is 20.0 Å². The molecule has 0 aliphatic rings. The number of benzene rings is 1. The van der Waals surface area contributed by atoms with Crippen molar-refractivity contribution < 1.29 is 19.2 Å². The van der Waals surface area contributed by atoms with Gasteiger partial charge in [-0.1, -0.05) is 0 Å². The van der Waals surface area contributed by atoms with Gasteiger partial charge in [0.15, 0.2) is 5.78 Å². The van der Waals surface area contributed by atoms with Crippen LogP contribution in [0.1, 0.15) is 21.9 Å². The first-order chi connectivity index (χ1) is 9.97. The highest BCUT2D eigenvalue weighted by Gasteiger charge is 2.15. The number of hydrogen-bond acceptors (Lipinski definition) is 6. The first-order valence-electron chi connectivity index (χ1n) is 6.04. The lowest BCUT2D eigenvalue weighted by atomic mass is 10.1. The van der Waals surface area contributed by atoms with E-state index in [0.717, 1.165) is 24.0 Å². The molecule has 0 atom stereocenters. The minimum atomic E-state index is -0.634. The number of Topliss-reactive ketones (excluding diaryl/α,β-unsaturated/α-hetero) is 1. The largest absolute Gasteiger partial charge is 0.507 e. The summed E-state index contributed by atoms with van der Waals surface area (Å²) in [6, 6.07) is 6.74. The molecule has 0 radical (unpaired) electrons. The second kappa shape index (κ2) is 6.00. The number of nitro groups is 1. The summed E-state index contributed by atoms with van der Waals surface area (Å²) in [5, 5.41) is 20.3.